The van der Waals surface area contributed by atoms with Crippen molar-refractivity contribution >= 4 is 5.78 Å². The zero-order chi connectivity index (χ0) is 27.0. The van der Waals surface area contributed by atoms with Crippen LogP contribution in [0.15, 0.2) is 121 Å². The lowest BCUT2D eigenvalue weighted by Gasteiger charge is -2.45. The lowest BCUT2D eigenvalue weighted by Crippen LogP contribution is -2.46. The molecule has 0 aliphatic heterocycles. The van der Waals surface area contributed by atoms with Crippen molar-refractivity contribution in [3.8, 4) is 0 Å². The first-order valence-corrected chi connectivity index (χ1v) is 14.1. The van der Waals surface area contributed by atoms with Crippen LogP contribution in [0.3, 0.4) is 0 Å². The minimum Gasteiger partial charge on any atom is -0.298 e. The van der Waals surface area contributed by atoms with Crippen LogP contribution >= 0.6 is 0 Å². The predicted molar refractivity (Wildman–Crippen MR) is 160 cm³/mol. The fourth-order valence-corrected chi connectivity index (χ4v) is 6.02. The van der Waals surface area contributed by atoms with Crippen molar-refractivity contribution in [2.24, 2.45) is 10.8 Å². The normalized spacial score (nSPS) is 16.1. The van der Waals surface area contributed by atoms with E-state index < -0.39 is 10.8 Å². The fourth-order valence-electron chi connectivity index (χ4n) is 6.02. The SMILES string of the molecule is CC(c1ccccc1)C(C)(CCc1ccccc1)C(=O)C(C)(CCc1ccccc1)C(C)c1ccccc1. The molecule has 0 aliphatic rings. The molecular formula is C37H42O. The van der Waals surface area contributed by atoms with Gasteiger partial charge in [0.2, 0.25) is 0 Å². The second-order valence-corrected chi connectivity index (χ2v) is 11.4. The van der Waals surface area contributed by atoms with Gasteiger partial charge in [-0.2, -0.15) is 0 Å². The Morgan fingerprint density at radius 1 is 0.526 bits per heavy atom. The Morgan fingerprint density at radius 3 is 1.13 bits per heavy atom. The van der Waals surface area contributed by atoms with E-state index >= 15 is 4.79 Å². The van der Waals surface area contributed by atoms with Crippen molar-refractivity contribution < 1.29 is 4.79 Å². The molecule has 4 aromatic rings. The molecule has 196 valence electrons. The number of Topliss-reactive ketones (excluding diaryl/α,β-unsaturated/α-hetero) is 1. The van der Waals surface area contributed by atoms with Crippen LogP contribution < -0.4 is 0 Å². The van der Waals surface area contributed by atoms with E-state index in [1.54, 1.807) is 0 Å². The quantitative estimate of drug-likeness (QED) is 0.188. The van der Waals surface area contributed by atoms with Gasteiger partial charge < -0.3 is 0 Å². The molecule has 0 aromatic heterocycles. The predicted octanol–water partition coefficient (Wildman–Crippen LogP) is 9.44. The number of hydrogen-bond acceptors (Lipinski definition) is 1. The Labute approximate surface area is 230 Å². The zero-order valence-electron chi connectivity index (χ0n) is 23.4. The van der Waals surface area contributed by atoms with Crippen molar-refractivity contribution in [1.82, 2.24) is 0 Å². The van der Waals surface area contributed by atoms with Crippen LogP contribution in [-0.2, 0) is 17.6 Å². The standard InChI is InChI=1S/C37H42O/c1-29(33-21-13-7-14-22-33)36(3,27-25-31-17-9-5-10-18-31)35(38)37(4,28-26-32-19-11-6-12-20-32)30(2)34-23-15-8-16-24-34/h5-24,29-30H,25-28H2,1-4H3. The molecule has 0 heterocycles. The van der Waals surface area contributed by atoms with Crippen LogP contribution in [-0.4, -0.2) is 5.78 Å². The lowest BCUT2D eigenvalue weighted by molar-refractivity contribution is -0.141. The summed E-state index contributed by atoms with van der Waals surface area (Å²) in [6.45, 7) is 8.97. The van der Waals surface area contributed by atoms with Crippen molar-refractivity contribution in [2.75, 3.05) is 0 Å². The van der Waals surface area contributed by atoms with E-state index in [4.69, 9.17) is 0 Å². The third-order valence-electron chi connectivity index (χ3n) is 9.10. The molecule has 0 radical (unpaired) electrons. The van der Waals surface area contributed by atoms with Gasteiger partial charge in [0.05, 0.1) is 0 Å². The Bertz CT molecular complexity index is 1160. The first-order chi connectivity index (χ1) is 18.3. The molecule has 1 heteroatoms. The van der Waals surface area contributed by atoms with Gasteiger partial charge >= 0.3 is 0 Å². The molecule has 0 spiro atoms. The second kappa shape index (κ2) is 12.4. The molecule has 1 nitrogen and oxygen atoms in total. The van der Waals surface area contributed by atoms with Crippen molar-refractivity contribution in [1.29, 1.82) is 0 Å². The Balaban J connectivity index is 1.75. The second-order valence-electron chi connectivity index (χ2n) is 11.4. The highest BCUT2D eigenvalue weighted by Gasteiger charge is 2.50. The van der Waals surface area contributed by atoms with E-state index in [1.807, 2.05) is 0 Å². The van der Waals surface area contributed by atoms with E-state index in [-0.39, 0.29) is 11.8 Å². The van der Waals surface area contributed by atoms with Crippen LogP contribution in [0, 0.1) is 10.8 Å². The first-order valence-electron chi connectivity index (χ1n) is 14.1. The largest absolute Gasteiger partial charge is 0.298 e. The summed E-state index contributed by atoms with van der Waals surface area (Å²) in [7, 11) is 0. The highest BCUT2D eigenvalue weighted by molar-refractivity contribution is 5.91. The number of ketones is 1. The first kappa shape index (κ1) is 27.6. The summed E-state index contributed by atoms with van der Waals surface area (Å²) < 4.78 is 0. The summed E-state index contributed by atoms with van der Waals surface area (Å²) >= 11 is 0. The summed E-state index contributed by atoms with van der Waals surface area (Å²) in [6.07, 6.45) is 3.40. The van der Waals surface area contributed by atoms with E-state index in [2.05, 4.69) is 149 Å². The molecule has 4 unspecified atom stereocenters. The average molecular weight is 503 g/mol. The van der Waals surface area contributed by atoms with Gasteiger partial charge in [-0.1, -0.05) is 149 Å². The van der Waals surface area contributed by atoms with Crippen LogP contribution in [0.25, 0.3) is 0 Å². The molecule has 0 saturated heterocycles. The highest BCUT2D eigenvalue weighted by atomic mass is 16.1. The fraction of sp³-hybridized carbons (Fsp3) is 0.324. The third-order valence-corrected chi connectivity index (χ3v) is 9.10. The summed E-state index contributed by atoms with van der Waals surface area (Å²) in [5.74, 6) is 0.572. The van der Waals surface area contributed by atoms with Crippen LogP contribution in [0.2, 0.25) is 0 Å². The van der Waals surface area contributed by atoms with E-state index in [1.165, 1.54) is 22.3 Å². The van der Waals surface area contributed by atoms with Gasteiger partial charge in [0.25, 0.3) is 0 Å². The number of aryl methyl sites for hydroxylation is 2. The minimum atomic E-state index is -0.522. The molecule has 4 rings (SSSR count). The Kier molecular flexibility index (Phi) is 9.00. The molecule has 0 fully saturated rings. The molecule has 0 aliphatic carbocycles. The average Bonchev–Trinajstić information content (AvgIpc) is 2.99. The van der Waals surface area contributed by atoms with E-state index in [9.17, 15) is 0 Å². The molecule has 4 atom stereocenters. The van der Waals surface area contributed by atoms with Crippen molar-refractivity contribution in [3.63, 3.8) is 0 Å². The topological polar surface area (TPSA) is 17.1 Å². The van der Waals surface area contributed by atoms with Gasteiger partial charge in [-0.05, 0) is 59.8 Å². The van der Waals surface area contributed by atoms with Gasteiger partial charge in [0.15, 0.2) is 0 Å². The third kappa shape index (κ3) is 6.16. The van der Waals surface area contributed by atoms with Crippen molar-refractivity contribution in [2.45, 2.75) is 65.2 Å². The molecule has 0 N–H and O–H groups in total. The summed E-state index contributed by atoms with van der Waals surface area (Å²) in [5.41, 5.74) is 3.99. The Morgan fingerprint density at radius 2 is 0.816 bits per heavy atom. The molecule has 4 aromatic carbocycles. The number of hydrogen-bond donors (Lipinski definition) is 0. The maximum atomic E-state index is 15.2. The van der Waals surface area contributed by atoms with Gasteiger partial charge in [-0.25, -0.2) is 0 Å². The molecule has 0 amide bonds. The number of benzene rings is 4. The monoisotopic (exact) mass is 502 g/mol. The maximum Gasteiger partial charge on any atom is 0.145 e. The van der Waals surface area contributed by atoms with Gasteiger partial charge in [-0.15, -0.1) is 0 Å². The minimum absolute atomic E-state index is 0.0962. The van der Waals surface area contributed by atoms with E-state index in [0.717, 1.165) is 25.7 Å². The summed E-state index contributed by atoms with van der Waals surface area (Å²) in [6, 6.07) is 42.4. The molecule has 38 heavy (non-hydrogen) atoms. The molecular weight excluding hydrogens is 460 g/mol. The smallest absolute Gasteiger partial charge is 0.145 e. The van der Waals surface area contributed by atoms with Gasteiger partial charge in [0, 0.05) is 10.8 Å². The van der Waals surface area contributed by atoms with Gasteiger partial charge in [0.1, 0.15) is 5.78 Å². The Hall–Kier alpha value is -3.45. The highest BCUT2D eigenvalue weighted by Crippen LogP contribution is 2.51. The zero-order valence-corrected chi connectivity index (χ0v) is 23.4. The van der Waals surface area contributed by atoms with Crippen LogP contribution in [0.4, 0.5) is 0 Å². The number of rotatable bonds is 12. The van der Waals surface area contributed by atoms with Gasteiger partial charge in [-0.3, -0.25) is 4.79 Å². The summed E-state index contributed by atoms with van der Waals surface area (Å²) in [5, 5.41) is 0. The maximum absolute atomic E-state index is 15.2. The number of carbonyl (C=O) groups excluding carboxylic acids is 1. The molecule has 0 saturated carbocycles. The summed E-state index contributed by atoms with van der Waals surface area (Å²) in [4.78, 5) is 15.2. The lowest BCUT2D eigenvalue weighted by atomic mass is 9.57. The van der Waals surface area contributed by atoms with E-state index in [0.29, 0.717) is 5.78 Å². The van der Waals surface area contributed by atoms with Crippen LogP contribution in [0.1, 0.15) is 74.6 Å². The molecule has 0 bridgehead atoms. The van der Waals surface area contributed by atoms with Crippen molar-refractivity contribution in [3.05, 3.63) is 144 Å². The number of carbonyl (C=O) groups is 1. The van der Waals surface area contributed by atoms with Crippen LogP contribution in [0.5, 0.6) is 0 Å².